The zero-order valence-electron chi connectivity index (χ0n) is 6.80. The lowest BCUT2D eigenvalue weighted by Crippen LogP contribution is -2.16. The predicted octanol–water partition coefficient (Wildman–Crippen LogP) is 0.539. The molecule has 0 aliphatic carbocycles. The molecule has 1 aromatic rings. The van der Waals surface area contributed by atoms with E-state index in [0.29, 0.717) is 0 Å². The Morgan fingerprint density at radius 1 is 1.31 bits per heavy atom. The summed E-state index contributed by atoms with van der Waals surface area (Å²) in [4.78, 5) is 0. The lowest BCUT2D eigenvalue weighted by atomic mass is 10.1. The highest BCUT2D eigenvalue weighted by atomic mass is 19.2. The molecule has 0 aliphatic heterocycles. The van der Waals surface area contributed by atoms with Crippen molar-refractivity contribution >= 4 is 5.69 Å². The maximum atomic E-state index is 12.7. The molecule has 1 atom stereocenters. The Balaban J connectivity index is 3.15. The van der Waals surface area contributed by atoms with Crippen molar-refractivity contribution in [3.05, 3.63) is 29.3 Å². The number of anilines is 1. The van der Waals surface area contributed by atoms with E-state index in [4.69, 9.17) is 16.6 Å². The molecule has 5 heteroatoms. The normalized spacial score (nSPS) is 12.9. The highest BCUT2D eigenvalue weighted by molar-refractivity contribution is 5.49. The summed E-state index contributed by atoms with van der Waals surface area (Å²) in [5.41, 5.74) is 11.0. The van der Waals surface area contributed by atoms with Crippen molar-refractivity contribution in [2.24, 2.45) is 5.73 Å². The van der Waals surface area contributed by atoms with Crippen LogP contribution in [0.3, 0.4) is 0 Å². The van der Waals surface area contributed by atoms with Crippen molar-refractivity contribution in [1.29, 1.82) is 0 Å². The van der Waals surface area contributed by atoms with Crippen LogP contribution in [-0.2, 0) is 0 Å². The van der Waals surface area contributed by atoms with E-state index in [0.717, 1.165) is 12.1 Å². The molecule has 0 aliphatic rings. The summed E-state index contributed by atoms with van der Waals surface area (Å²) in [7, 11) is 0. The Labute approximate surface area is 74.0 Å². The van der Waals surface area contributed by atoms with Gasteiger partial charge in [-0.1, -0.05) is 0 Å². The third kappa shape index (κ3) is 1.93. The van der Waals surface area contributed by atoms with Gasteiger partial charge in [0.05, 0.1) is 12.6 Å². The van der Waals surface area contributed by atoms with E-state index in [9.17, 15) is 8.78 Å². The first-order chi connectivity index (χ1) is 6.06. The van der Waals surface area contributed by atoms with E-state index in [-0.39, 0.29) is 17.9 Å². The predicted molar refractivity (Wildman–Crippen MR) is 44.8 cm³/mol. The molecule has 0 saturated heterocycles. The van der Waals surface area contributed by atoms with Crippen LogP contribution in [0.15, 0.2) is 12.1 Å². The number of hydrogen-bond donors (Lipinski definition) is 3. The zero-order chi connectivity index (χ0) is 10.0. The summed E-state index contributed by atoms with van der Waals surface area (Å²) in [5.74, 6) is -2.04. The molecule has 0 heterocycles. The second kappa shape index (κ2) is 3.68. The Kier molecular flexibility index (Phi) is 2.79. The molecule has 0 bridgehead atoms. The van der Waals surface area contributed by atoms with Crippen LogP contribution in [0.5, 0.6) is 0 Å². The summed E-state index contributed by atoms with van der Waals surface area (Å²) in [6.07, 6.45) is 0. The molecule has 72 valence electrons. The van der Waals surface area contributed by atoms with Crippen molar-refractivity contribution in [2.75, 3.05) is 12.3 Å². The summed E-state index contributed by atoms with van der Waals surface area (Å²) >= 11 is 0. The zero-order valence-corrected chi connectivity index (χ0v) is 6.80. The van der Waals surface area contributed by atoms with Gasteiger partial charge in [0.2, 0.25) is 0 Å². The van der Waals surface area contributed by atoms with E-state index in [1.807, 2.05) is 0 Å². The van der Waals surface area contributed by atoms with Crippen LogP contribution >= 0.6 is 0 Å². The van der Waals surface area contributed by atoms with Gasteiger partial charge in [0, 0.05) is 11.8 Å². The summed E-state index contributed by atoms with van der Waals surface area (Å²) < 4.78 is 25.3. The van der Waals surface area contributed by atoms with E-state index >= 15 is 0 Å². The standard InChI is InChI=1S/C8H10F2N2O/c9-5-1-4(8(12)3-13)7(11)2-6(5)10/h1-2,8,13H,3,11-12H2/t8-/m1/s1. The maximum absolute atomic E-state index is 12.7. The Morgan fingerprint density at radius 2 is 1.85 bits per heavy atom. The first kappa shape index (κ1) is 9.88. The lowest BCUT2D eigenvalue weighted by molar-refractivity contribution is 0.268. The highest BCUT2D eigenvalue weighted by Crippen LogP contribution is 2.21. The fourth-order valence-corrected chi connectivity index (χ4v) is 0.997. The number of halogens is 2. The van der Waals surface area contributed by atoms with Gasteiger partial charge in [-0.05, 0) is 11.6 Å². The quantitative estimate of drug-likeness (QED) is 0.593. The van der Waals surface area contributed by atoms with Crippen LogP contribution < -0.4 is 11.5 Å². The van der Waals surface area contributed by atoms with E-state index in [1.54, 1.807) is 0 Å². The first-order valence-corrected chi connectivity index (χ1v) is 3.67. The number of aliphatic hydroxyl groups excluding tert-OH is 1. The smallest absolute Gasteiger partial charge is 0.160 e. The van der Waals surface area contributed by atoms with Gasteiger partial charge in [0.15, 0.2) is 11.6 Å². The molecule has 3 nitrogen and oxygen atoms in total. The van der Waals surface area contributed by atoms with Crippen LogP contribution in [0.4, 0.5) is 14.5 Å². The molecule has 5 N–H and O–H groups in total. The van der Waals surface area contributed by atoms with Gasteiger partial charge in [0.1, 0.15) is 0 Å². The SMILES string of the molecule is Nc1cc(F)c(F)cc1[C@H](N)CO. The maximum Gasteiger partial charge on any atom is 0.160 e. The van der Waals surface area contributed by atoms with Crippen molar-refractivity contribution < 1.29 is 13.9 Å². The van der Waals surface area contributed by atoms with Crippen LogP contribution in [0.25, 0.3) is 0 Å². The van der Waals surface area contributed by atoms with E-state index in [2.05, 4.69) is 0 Å². The number of hydrogen-bond acceptors (Lipinski definition) is 3. The van der Waals surface area contributed by atoms with E-state index in [1.165, 1.54) is 0 Å². The number of nitrogen functional groups attached to an aromatic ring is 1. The second-order valence-electron chi connectivity index (χ2n) is 2.68. The van der Waals surface area contributed by atoms with Gasteiger partial charge >= 0.3 is 0 Å². The Morgan fingerprint density at radius 3 is 2.38 bits per heavy atom. The van der Waals surface area contributed by atoms with Gasteiger partial charge in [-0.3, -0.25) is 0 Å². The van der Waals surface area contributed by atoms with Crippen molar-refractivity contribution in [1.82, 2.24) is 0 Å². The number of benzene rings is 1. The van der Waals surface area contributed by atoms with Gasteiger partial charge < -0.3 is 16.6 Å². The summed E-state index contributed by atoms with van der Waals surface area (Å²) in [5, 5.41) is 8.68. The van der Waals surface area contributed by atoms with Crippen LogP contribution in [0.2, 0.25) is 0 Å². The third-order valence-corrected chi connectivity index (χ3v) is 1.72. The van der Waals surface area contributed by atoms with Gasteiger partial charge in [-0.2, -0.15) is 0 Å². The fraction of sp³-hybridized carbons (Fsp3) is 0.250. The van der Waals surface area contributed by atoms with Crippen LogP contribution in [-0.4, -0.2) is 11.7 Å². The van der Waals surface area contributed by atoms with Gasteiger partial charge in [0.25, 0.3) is 0 Å². The molecule has 0 aromatic heterocycles. The van der Waals surface area contributed by atoms with Gasteiger partial charge in [-0.25, -0.2) is 8.78 Å². The minimum absolute atomic E-state index is 0.0421. The fourth-order valence-electron chi connectivity index (χ4n) is 0.997. The average molecular weight is 188 g/mol. The molecule has 1 rings (SSSR count). The Bertz CT molecular complexity index is 317. The topological polar surface area (TPSA) is 72.3 Å². The third-order valence-electron chi connectivity index (χ3n) is 1.72. The van der Waals surface area contributed by atoms with Crippen molar-refractivity contribution in [3.8, 4) is 0 Å². The number of rotatable bonds is 2. The molecular weight excluding hydrogens is 178 g/mol. The monoisotopic (exact) mass is 188 g/mol. The number of aliphatic hydroxyl groups is 1. The highest BCUT2D eigenvalue weighted by Gasteiger charge is 2.12. The number of nitrogens with two attached hydrogens (primary N) is 2. The minimum Gasteiger partial charge on any atom is -0.398 e. The molecular formula is C8H10F2N2O. The summed E-state index contributed by atoms with van der Waals surface area (Å²) in [6.45, 7) is -0.366. The molecule has 0 fully saturated rings. The molecule has 0 spiro atoms. The average Bonchev–Trinajstić information content (AvgIpc) is 2.10. The first-order valence-electron chi connectivity index (χ1n) is 3.67. The largest absolute Gasteiger partial charge is 0.398 e. The van der Waals surface area contributed by atoms with Crippen LogP contribution in [0.1, 0.15) is 11.6 Å². The lowest BCUT2D eigenvalue weighted by Gasteiger charge is -2.11. The minimum atomic E-state index is -1.02. The molecule has 0 radical (unpaired) electrons. The molecule has 1 aromatic carbocycles. The molecule has 13 heavy (non-hydrogen) atoms. The van der Waals surface area contributed by atoms with Crippen molar-refractivity contribution in [3.63, 3.8) is 0 Å². The summed E-state index contributed by atoms with van der Waals surface area (Å²) in [6, 6.07) is 0.959. The second-order valence-corrected chi connectivity index (χ2v) is 2.68. The van der Waals surface area contributed by atoms with Crippen LogP contribution in [0, 0.1) is 11.6 Å². The van der Waals surface area contributed by atoms with Gasteiger partial charge in [-0.15, -0.1) is 0 Å². The molecule has 0 unspecified atom stereocenters. The molecule has 0 saturated carbocycles. The van der Waals surface area contributed by atoms with Crippen molar-refractivity contribution in [2.45, 2.75) is 6.04 Å². The Hall–Kier alpha value is -1.20. The molecule has 0 amide bonds. The van der Waals surface area contributed by atoms with E-state index < -0.39 is 17.7 Å².